The summed E-state index contributed by atoms with van der Waals surface area (Å²) in [4.78, 5) is 2.50. The summed E-state index contributed by atoms with van der Waals surface area (Å²) >= 11 is 0. The molecule has 2 fully saturated rings. The van der Waals surface area contributed by atoms with Crippen LogP contribution in [0.2, 0.25) is 0 Å². The molecular weight excluding hydrogens is 248 g/mol. The summed E-state index contributed by atoms with van der Waals surface area (Å²) < 4.78 is 0. The molecule has 110 valence electrons. The second-order valence-electron chi connectivity index (χ2n) is 6.41. The van der Waals surface area contributed by atoms with E-state index >= 15 is 0 Å². The lowest BCUT2D eigenvalue weighted by Crippen LogP contribution is -2.47. The molecule has 0 aliphatic carbocycles. The van der Waals surface area contributed by atoms with E-state index in [-0.39, 0.29) is 0 Å². The number of phenols is 1. The van der Waals surface area contributed by atoms with E-state index in [0.717, 1.165) is 12.0 Å². The SMILES string of the molecule is CCC(c1ccccc1O)N(C)C1CC2CCC(C1)N2. The van der Waals surface area contributed by atoms with E-state index < -0.39 is 0 Å². The first-order valence-corrected chi connectivity index (χ1v) is 7.95. The van der Waals surface area contributed by atoms with Crippen LogP contribution in [0.15, 0.2) is 24.3 Å². The quantitative estimate of drug-likeness (QED) is 0.886. The van der Waals surface area contributed by atoms with E-state index in [1.807, 2.05) is 12.1 Å². The van der Waals surface area contributed by atoms with Crippen LogP contribution < -0.4 is 5.32 Å². The maximum absolute atomic E-state index is 10.1. The molecule has 3 heteroatoms. The van der Waals surface area contributed by atoms with E-state index in [1.54, 1.807) is 6.07 Å². The van der Waals surface area contributed by atoms with Gasteiger partial charge in [-0.1, -0.05) is 25.1 Å². The van der Waals surface area contributed by atoms with Crippen LogP contribution in [-0.2, 0) is 0 Å². The van der Waals surface area contributed by atoms with Gasteiger partial charge in [0.15, 0.2) is 0 Å². The lowest BCUT2D eigenvalue weighted by atomic mass is 9.94. The van der Waals surface area contributed by atoms with Crippen molar-refractivity contribution in [3.05, 3.63) is 29.8 Å². The highest BCUT2D eigenvalue weighted by molar-refractivity contribution is 5.34. The third-order valence-corrected chi connectivity index (χ3v) is 5.20. The van der Waals surface area contributed by atoms with Crippen LogP contribution in [-0.4, -0.2) is 35.2 Å². The molecule has 0 amide bonds. The van der Waals surface area contributed by atoms with Crippen LogP contribution in [0.3, 0.4) is 0 Å². The molecule has 1 aromatic carbocycles. The molecular formula is C17H26N2O. The Balaban J connectivity index is 1.77. The van der Waals surface area contributed by atoms with Crippen LogP contribution >= 0.6 is 0 Å². The lowest BCUT2D eigenvalue weighted by Gasteiger charge is -2.40. The molecule has 20 heavy (non-hydrogen) atoms. The number of para-hydroxylation sites is 1. The Kier molecular flexibility index (Phi) is 3.99. The zero-order valence-electron chi connectivity index (χ0n) is 12.5. The molecule has 0 aromatic heterocycles. The van der Waals surface area contributed by atoms with Gasteiger partial charge < -0.3 is 10.4 Å². The third kappa shape index (κ3) is 2.57. The van der Waals surface area contributed by atoms with Crippen molar-refractivity contribution in [1.29, 1.82) is 0 Å². The number of rotatable bonds is 4. The van der Waals surface area contributed by atoms with Gasteiger partial charge in [-0.2, -0.15) is 0 Å². The molecule has 0 spiro atoms. The first-order chi connectivity index (χ1) is 9.69. The van der Waals surface area contributed by atoms with E-state index in [2.05, 4.69) is 30.3 Å². The summed E-state index contributed by atoms with van der Waals surface area (Å²) in [5.41, 5.74) is 1.07. The maximum Gasteiger partial charge on any atom is 0.120 e. The van der Waals surface area contributed by atoms with Gasteiger partial charge in [-0.3, -0.25) is 4.90 Å². The summed E-state index contributed by atoms with van der Waals surface area (Å²) in [5, 5.41) is 13.8. The average Bonchev–Trinajstić information content (AvgIpc) is 2.80. The summed E-state index contributed by atoms with van der Waals surface area (Å²) in [6, 6.07) is 10.2. The number of nitrogens with one attached hydrogen (secondary N) is 1. The fourth-order valence-electron chi connectivity index (χ4n) is 4.11. The summed E-state index contributed by atoms with van der Waals surface area (Å²) in [7, 11) is 2.23. The third-order valence-electron chi connectivity index (χ3n) is 5.20. The number of aromatic hydroxyl groups is 1. The van der Waals surface area contributed by atoms with Crippen molar-refractivity contribution in [1.82, 2.24) is 10.2 Å². The summed E-state index contributed by atoms with van der Waals surface area (Å²) in [5.74, 6) is 0.433. The molecule has 3 nitrogen and oxygen atoms in total. The zero-order valence-corrected chi connectivity index (χ0v) is 12.5. The topological polar surface area (TPSA) is 35.5 Å². The first kappa shape index (κ1) is 13.9. The summed E-state index contributed by atoms with van der Waals surface area (Å²) in [6.07, 6.45) is 6.20. The van der Waals surface area contributed by atoms with Gasteiger partial charge in [-0.25, -0.2) is 0 Å². The normalized spacial score (nSPS) is 30.6. The maximum atomic E-state index is 10.1. The standard InChI is InChI=1S/C17H26N2O/c1-3-16(15-6-4-5-7-17(15)20)19(2)14-10-12-8-9-13(11-14)18-12/h4-7,12-14,16,18,20H,3,8-11H2,1-2H3. The fraction of sp³-hybridized carbons (Fsp3) is 0.647. The van der Waals surface area contributed by atoms with Crippen LogP contribution in [0, 0.1) is 0 Å². The van der Waals surface area contributed by atoms with Gasteiger partial charge in [-0.05, 0) is 45.2 Å². The first-order valence-electron chi connectivity index (χ1n) is 7.95. The second-order valence-corrected chi connectivity index (χ2v) is 6.41. The van der Waals surface area contributed by atoms with Gasteiger partial charge in [0.05, 0.1) is 0 Å². The minimum Gasteiger partial charge on any atom is -0.508 e. The van der Waals surface area contributed by atoms with Crippen molar-refractivity contribution < 1.29 is 5.11 Å². The molecule has 2 heterocycles. The van der Waals surface area contributed by atoms with Crippen molar-refractivity contribution in [2.75, 3.05) is 7.05 Å². The molecule has 2 bridgehead atoms. The molecule has 2 N–H and O–H groups in total. The summed E-state index contributed by atoms with van der Waals surface area (Å²) in [6.45, 7) is 2.21. The van der Waals surface area contributed by atoms with Gasteiger partial charge in [0.1, 0.15) is 5.75 Å². The van der Waals surface area contributed by atoms with Gasteiger partial charge >= 0.3 is 0 Å². The number of hydrogen-bond acceptors (Lipinski definition) is 3. The Morgan fingerprint density at radius 1 is 1.25 bits per heavy atom. The molecule has 0 radical (unpaired) electrons. The predicted molar refractivity (Wildman–Crippen MR) is 81.9 cm³/mol. The minimum absolute atomic E-state index is 0.318. The van der Waals surface area contributed by atoms with Crippen molar-refractivity contribution in [2.45, 2.75) is 63.2 Å². The fourth-order valence-corrected chi connectivity index (χ4v) is 4.11. The Labute approximate surface area is 122 Å². The van der Waals surface area contributed by atoms with E-state index in [0.29, 0.717) is 29.9 Å². The molecule has 3 unspecified atom stereocenters. The van der Waals surface area contributed by atoms with E-state index in [9.17, 15) is 5.11 Å². The van der Waals surface area contributed by atoms with Crippen LogP contribution in [0.5, 0.6) is 5.75 Å². The largest absolute Gasteiger partial charge is 0.508 e. The molecule has 0 saturated carbocycles. The van der Waals surface area contributed by atoms with E-state index in [4.69, 9.17) is 0 Å². The van der Waals surface area contributed by atoms with Crippen LogP contribution in [0.4, 0.5) is 0 Å². The minimum atomic E-state index is 0.318. The Morgan fingerprint density at radius 3 is 2.50 bits per heavy atom. The number of piperidine rings is 1. The molecule has 3 rings (SSSR count). The smallest absolute Gasteiger partial charge is 0.120 e. The zero-order chi connectivity index (χ0) is 14.1. The average molecular weight is 274 g/mol. The lowest BCUT2D eigenvalue weighted by molar-refractivity contribution is 0.120. The monoisotopic (exact) mass is 274 g/mol. The van der Waals surface area contributed by atoms with Crippen LogP contribution in [0.1, 0.15) is 50.6 Å². The molecule has 2 aliphatic rings. The second kappa shape index (κ2) is 5.74. The van der Waals surface area contributed by atoms with Crippen LogP contribution in [0.25, 0.3) is 0 Å². The highest BCUT2D eigenvalue weighted by Gasteiger charge is 2.37. The molecule has 3 atom stereocenters. The molecule has 2 saturated heterocycles. The number of benzene rings is 1. The van der Waals surface area contributed by atoms with Gasteiger partial charge in [0.25, 0.3) is 0 Å². The molecule has 1 aromatic rings. The number of phenolic OH excluding ortho intramolecular Hbond substituents is 1. The van der Waals surface area contributed by atoms with Crippen molar-refractivity contribution in [3.8, 4) is 5.75 Å². The Morgan fingerprint density at radius 2 is 1.90 bits per heavy atom. The van der Waals surface area contributed by atoms with Gasteiger partial charge in [0, 0.05) is 29.7 Å². The van der Waals surface area contributed by atoms with E-state index in [1.165, 1.54) is 25.7 Å². The van der Waals surface area contributed by atoms with Crippen molar-refractivity contribution >= 4 is 0 Å². The Hall–Kier alpha value is -1.06. The highest BCUT2D eigenvalue weighted by atomic mass is 16.3. The van der Waals surface area contributed by atoms with Gasteiger partial charge in [-0.15, -0.1) is 0 Å². The number of nitrogens with zero attached hydrogens (tertiary/aromatic N) is 1. The van der Waals surface area contributed by atoms with Gasteiger partial charge in [0.2, 0.25) is 0 Å². The Bertz CT molecular complexity index is 450. The van der Waals surface area contributed by atoms with Crippen molar-refractivity contribution in [3.63, 3.8) is 0 Å². The highest BCUT2D eigenvalue weighted by Crippen LogP contribution is 2.36. The number of fused-ring (bicyclic) bond motifs is 2. The number of hydrogen-bond donors (Lipinski definition) is 2. The van der Waals surface area contributed by atoms with Crippen molar-refractivity contribution in [2.24, 2.45) is 0 Å². The predicted octanol–water partition coefficient (Wildman–Crippen LogP) is 3.06. The molecule has 2 aliphatic heterocycles.